The first-order valence-electron chi connectivity index (χ1n) is 9.98. The maximum Gasteiger partial charge on any atom is 0.343 e. The SMILES string of the molecule is COc1ccc(C(=O)C=Cc2ccccc2OC)c(OC(=O)c2ccc(OC)c(OC)c2)c1. The van der Waals surface area contributed by atoms with Crippen LogP contribution in [0.25, 0.3) is 6.08 Å². The number of rotatable bonds is 9. The standard InChI is InChI=1S/C26H24O7/c1-29-19-11-12-20(21(27)13-9-17-7-5-6-8-22(17)30-2)24(16-19)33-26(28)18-10-14-23(31-3)25(15-18)32-4/h5-16H,1-4H3. The van der Waals surface area contributed by atoms with Gasteiger partial charge < -0.3 is 23.7 Å². The minimum Gasteiger partial charge on any atom is -0.497 e. The van der Waals surface area contributed by atoms with Crippen LogP contribution in [0.5, 0.6) is 28.7 Å². The molecule has 0 aromatic heterocycles. The van der Waals surface area contributed by atoms with Crippen molar-refractivity contribution in [1.29, 1.82) is 0 Å². The summed E-state index contributed by atoms with van der Waals surface area (Å²) in [6.07, 6.45) is 3.04. The van der Waals surface area contributed by atoms with Crippen LogP contribution in [0.4, 0.5) is 0 Å². The van der Waals surface area contributed by atoms with Crippen molar-refractivity contribution in [2.75, 3.05) is 28.4 Å². The number of carbonyl (C=O) groups is 2. The van der Waals surface area contributed by atoms with E-state index in [1.807, 2.05) is 18.2 Å². The average Bonchev–Trinajstić information content (AvgIpc) is 2.86. The van der Waals surface area contributed by atoms with E-state index in [1.165, 1.54) is 39.5 Å². The van der Waals surface area contributed by atoms with Crippen LogP contribution in [0, 0.1) is 0 Å². The molecule has 0 spiro atoms. The van der Waals surface area contributed by atoms with Crippen molar-refractivity contribution in [2.24, 2.45) is 0 Å². The summed E-state index contributed by atoms with van der Waals surface area (Å²) in [5.74, 6) is 1.00. The smallest absolute Gasteiger partial charge is 0.343 e. The Labute approximate surface area is 192 Å². The van der Waals surface area contributed by atoms with Gasteiger partial charge in [0.2, 0.25) is 0 Å². The van der Waals surface area contributed by atoms with Crippen LogP contribution in [-0.2, 0) is 0 Å². The van der Waals surface area contributed by atoms with E-state index in [0.717, 1.165) is 5.56 Å². The number of methoxy groups -OCH3 is 4. The first kappa shape index (κ1) is 23.4. The second-order valence-corrected chi connectivity index (χ2v) is 6.76. The van der Waals surface area contributed by atoms with E-state index in [9.17, 15) is 9.59 Å². The van der Waals surface area contributed by atoms with Crippen LogP contribution < -0.4 is 23.7 Å². The molecule has 7 nitrogen and oxygen atoms in total. The largest absolute Gasteiger partial charge is 0.497 e. The van der Waals surface area contributed by atoms with Crippen molar-refractivity contribution in [2.45, 2.75) is 0 Å². The molecule has 0 aliphatic rings. The number of hydrogen-bond acceptors (Lipinski definition) is 7. The molecule has 0 radical (unpaired) electrons. The molecular weight excluding hydrogens is 424 g/mol. The zero-order valence-corrected chi connectivity index (χ0v) is 18.8. The molecule has 0 saturated carbocycles. The molecule has 33 heavy (non-hydrogen) atoms. The van der Waals surface area contributed by atoms with E-state index in [2.05, 4.69) is 0 Å². The Hall–Kier alpha value is -4.26. The second-order valence-electron chi connectivity index (χ2n) is 6.76. The molecule has 0 N–H and O–H groups in total. The molecule has 0 aliphatic carbocycles. The lowest BCUT2D eigenvalue weighted by atomic mass is 10.1. The number of hydrogen-bond donors (Lipinski definition) is 0. The highest BCUT2D eigenvalue weighted by atomic mass is 16.5. The fourth-order valence-electron chi connectivity index (χ4n) is 3.10. The monoisotopic (exact) mass is 448 g/mol. The van der Waals surface area contributed by atoms with E-state index < -0.39 is 5.97 Å². The van der Waals surface area contributed by atoms with Gasteiger partial charge in [-0.25, -0.2) is 4.79 Å². The number of carbonyl (C=O) groups excluding carboxylic acids is 2. The average molecular weight is 448 g/mol. The predicted octanol–water partition coefficient (Wildman–Crippen LogP) is 4.84. The molecule has 0 bridgehead atoms. The molecule has 3 aromatic rings. The quantitative estimate of drug-likeness (QED) is 0.201. The van der Waals surface area contributed by atoms with Crippen LogP contribution in [0.3, 0.4) is 0 Å². The molecule has 7 heteroatoms. The van der Waals surface area contributed by atoms with Gasteiger partial charge in [0.05, 0.1) is 39.6 Å². The van der Waals surface area contributed by atoms with Gasteiger partial charge in [0.15, 0.2) is 17.3 Å². The van der Waals surface area contributed by atoms with Crippen molar-refractivity contribution in [3.05, 3.63) is 83.4 Å². The third kappa shape index (κ3) is 5.51. The molecule has 0 saturated heterocycles. The van der Waals surface area contributed by atoms with Gasteiger partial charge >= 0.3 is 5.97 Å². The number of ether oxygens (including phenoxy) is 5. The lowest BCUT2D eigenvalue weighted by Gasteiger charge is -2.12. The van der Waals surface area contributed by atoms with E-state index in [-0.39, 0.29) is 22.7 Å². The van der Waals surface area contributed by atoms with E-state index in [4.69, 9.17) is 23.7 Å². The molecule has 0 fully saturated rings. The van der Waals surface area contributed by atoms with Crippen LogP contribution in [-0.4, -0.2) is 40.2 Å². The summed E-state index contributed by atoms with van der Waals surface area (Å²) >= 11 is 0. The lowest BCUT2D eigenvalue weighted by Crippen LogP contribution is -2.11. The number of benzene rings is 3. The van der Waals surface area contributed by atoms with Gasteiger partial charge in [0.25, 0.3) is 0 Å². The minimum atomic E-state index is -0.660. The Balaban J connectivity index is 1.90. The Bertz CT molecular complexity index is 1180. The molecular formula is C26H24O7. The van der Waals surface area contributed by atoms with Crippen molar-refractivity contribution >= 4 is 17.8 Å². The first-order valence-corrected chi connectivity index (χ1v) is 9.98. The Morgan fingerprint density at radius 2 is 1.42 bits per heavy atom. The van der Waals surface area contributed by atoms with E-state index in [1.54, 1.807) is 43.5 Å². The van der Waals surface area contributed by atoms with Gasteiger partial charge in [-0.3, -0.25) is 4.79 Å². The summed E-state index contributed by atoms with van der Waals surface area (Å²) < 4.78 is 26.5. The molecule has 170 valence electrons. The van der Waals surface area contributed by atoms with Gasteiger partial charge in [-0.2, -0.15) is 0 Å². The first-order chi connectivity index (χ1) is 16.0. The minimum absolute atomic E-state index is 0.0730. The summed E-state index contributed by atoms with van der Waals surface area (Å²) in [6, 6.07) is 16.6. The Morgan fingerprint density at radius 3 is 2.12 bits per heavy atom. The van der Waals surface area contributed by atoms with Crippen molar-refractivity contribution in [1.82, 2.24) is 0 Å². The van der Waals surface area contributed by atoms with Gasteiger partial charge in [-0.15, -0.1) is 0 Å². The molecule has 0 unspecified atom stereocenters. The highest BCUT2D eigenvalue weighted by Gasteiger charge is 2.18. The van der Waals surface area contributed by atoms with Crippen LogP contribution >= 0.6 is 0 Å². The fraction of sp³-hybridized carbons (Fsp3) is 0.154. The zero-order valence-electron chi connectivity index (χ0n) is 18.8. The van der Waals surface area contributed by atoms with Gasteiger partial charge in [0, 0.05) is 11.6 Å². The number of esters is 1. The summed E-state index contributed by atoms with van der Waals surface area (Å²) in [6.45, 7) is 0. The normalized spacial score (nSPS) is 10.5. The highest BCUT2D eigenvalue weighted by molar-refractivity contribution is 6.09. The number of ketones is 1. The number of allylic oxidation sites excluding steroid dienone is 1. The predicted molar refractivity (Wildman–Crippen MR) is 124 cm³/mol. The van der Waals surface area contributed by atoms with Crippen LogP contribution in [0.2, 0.25) is 0 Å². The molecule has 0 heterocycles. The van der Waals surface area contributed by atoms with Crippen LogP contribution in [0.1, 0.15) is 26.3 Å². The maximum absolute atomic E-state index is 12.9. The molecule has 0 amide bonds. The zero-order chi connectivity index (χ0) is 23.8. The van der Waals surface area contributed by atoms with Crippen molar-refractivity contribution < 1.29 is 33.3 Å². The molecule has 0 aliphatic heterocycles. The molecule has 3 rings (SSSR count). The topological polar surface area (TPSA) is 80.3 Å². The summed E-state index contributed by atoms with van der Waals surface area (Å²) in [7, 11) is 6.02. The summed E-state index contributed by atoms with van der Waals surface area (Å²) in [4.78, 5) is 25.8. The highest BCUT2D eigenvalue weighted by Crippen LogP contribution is 2.30. The molecule has 3 aromatic carbocycles. The van der Waals surface area contributed by atoms with Crippen molar-refractivity contribution in [3.63, 3.8) is 0 Å². The second kappa shape index (κ2) is 10.9. The molecule has 0 atom stereocenters. The Morgan fingerprint density at radius 1 is 0.697 bits per heavy atom. The fourth-order valence-corrected chi connectivity index (χ4v) is 3.10. The summed E-state index contributed by atoms with van der Waals surface area (Å²) in [5.41, 5.74) is 1.18. The maximum atomic E-state index is 12.9. The van der Waals surface area contributed by atoms with Gasteiger partial charge in [-0.05, 0) is 48.6 Å². The van der Waals surface area contributed by atoms with E-state index >= 15 is 0 Å². The third-order valence-corrected chi connectivity index (χ3v) is 4.83. The third-order valence-electron chi connectivity index (χ3n) is 4.83. The summed E-state index contributed by atoms with van der Waals surface area (Å²) in [5, 5.41) is 0. The van der Waals surface area contributed by atoms with Crippen LogP contribution in [0.15, 0.2) is 66.7 Å². The van der Waals surface area contributed by atoms with Gasteiger partial charge in [-0.1, -0.05) is 18.2 Å². The number of para-hydroxylation sites is 1. The van der Waals surface area contributed by atoms with Crippen molar-refractivity contribution in [3.8, 4) is 28.7 Å². The lowest BCUT2D eigenvalue weighted by molar-refractivity contribution is 0.0732. The van der Waals surface area contributed by atoms with E-state index in [0.29, 0.717) is 23.0 Å². The van der Waals surface area contributed by atoms with Gasteiger partial charge in [0.1, 0.15) is 17.2 Å². The Kier molecular flexibility index (Phi) is 7.70.